The van der Waals surface area contributed by atoms with Gasteiger partial charge in [-0.15, -0.1) is 0 Å². The van der Waals surface area contributed by atoms with E-state index in [0.29, 0.717) is 25.5 Å². The Morgan fingerprint density at radius 1 is 1.43 bits per heavy atom. The third-order valence-electron chi connectivity index (χ3n) is 4.28. The van der Waals surface area contributed by atoms with Crippen LogP contribution in [0.1, 0.15) is 38.3 Å². The fraction of sp³-hybridized carbons (Fsp3) is 0.562. The maximum absolute atomic E-state index is 11.7. The molecule has 0 fully saturated rings. The van der Waals surface area contributed by atoms with Crippen LogP contribution in [0.25, 0.3) is 0 Å². The van der Waals surface area contributed by atoms with Crippen molar-refractivity contribution in [3.63, 3.8) is 0 Å². The first-order chi connectivity index (χ1) is 10.7. The topological polar surface area (TPSA) is 93.8 Å². The summed E-state index contributed by atoms with van der Waals surface area (Å²) in [5.41, 5.74) is 7.01. The lowest BCUT2D eigenvalue weighted by Crippen LogP contribution is -2.38. The number of nitrogens with two attached hydrogens (primary N) is 1. The monoisotopic (exact) mass is 339 g/mol. The van der Waals surface area contributed by atoms with E-state index in [9.17, 15) is 8.42 Å². The number of sulfone groups is 1. The Balaban J connectivity index is 1.96. The molecule has 3 N–H and O–H groups in total. The highest BCUT2D eigenvalue weighted by molar-refractivity contribution is 7.92. The molecular formula is C16H25N3O3S. The van der Waals surface area contributed by atoms with E-state index in [-0.39, 0.29) is 6.04 Å². The molecule has 1 unspecified atom stereocenters. The quantitative estimate of drug-likeness (QED) is 0.628. The smallest absolute Gasteiger partial charge is 0.189 e. The Kier molecular flexibility index (Phi) is 5.19. The van der Waals surface area contributed by atoms with Crippen molar-refractivity contribution in [2.24, 2.45) is 10.7 Å². The molecule has 6 nitrogen and oxygen atoms in total. The molecule has 0 aromatic heterocycles. The van der Waals surface area contributed by atoms with Crippen LogP contribution < -0.4 is 15.8 Å². The van der Waals surface area contributed by atoms with Crippen LogP contribution in [0.5, 0.6) is 5.75 Å². The molecule has 0 amide bonds. The van der Waals surface area contributed by atoms with Gasteiger partial charge in [-0.2, -0.15) is 0 Å². The number of aliphatic imine (C=N–C) groups is 1. The number of nitrogens with one attached hydrogen (secondary N) is 1. The third-order valence-corrected chi connectivity index (χ3v) is 6.49. The summed E-state index contributed by atoms with van der Waals surface area (Å²) in [4.78, 5) is 4.27. The van der Waals surface area contributed by atoms with Gasteiger partial charge in [-0.25, -0.2) is 8.42 Å². The summed E-state index contributed by atoms with van der Waals surface area (Å²) in [6.45, 7) is 4.40. The highest BCUT2D eigenvalue weighted by atomic mass is 32.2. The lowest BCUT2D eigenvalue weighted by Gasteiger charge is -2.27. The van der Waals surface area contributed by atoms with E-state index < -0.39 is 14.6 Å². The largest absolute Gasteiger partial charge is 0.493 e. The Morgan fingerprint density at radius 3 is 2.83 bits per heavy atom. The van der Waals surface area contributed by atoms with Gasteiger partial charge in [0.2, 0.25) is 0 Å². The van der Waals surface area contributed by atoms with Crippen molar-refractivity contribution >= 4 is 15.8 Å². The van der Waals surface area contributed by atoms with Gasteiger partial charge >= 0.3 is 0 Å². The lowest BCUT2D eigenvalue weighted by atomic mass is 10.0. The number of para-hydroxylation sites is 1. The Morgan fingerprint density at radius 2 is 2.13 bits per heavy atom. The summed E-state index contributed by atoms with van der Waals surface area (Å²) >= 11 is 0. The molecule has 1 aliphatic heterocycles. The Hall–Kier alpha value is -1.76. The fourth-order valence-electron chi connectivity index (χ4n) is 2.35. The van der Waals surface area contributed by atoms with Crippen molar-refractivity contribution < 1.29 is 13.2 Å². The number of ether oxygens (including phenoxy) is 1. The maximum Gasteiger partial charge on any atom is 0.189 e. The van der Waals surface area contributed by atoms with Crippen LogP contribution in [0.3, 0.4) is 0 Å². The molecule has 1 aliphatic rings. The van der Waals surface area contributed by atoms with E-state index in [1.165, 1.54) is 6.26 Å². The standard InChI is InChI=1S/C16H25N3O3S/c1-16(2,23(3,20)21)9-10-18-15(17)19-13-8-11-22-14-7-5-4-6-12(13)14/h4-7,13H,8-11H2,1-3H3,(H3,17,18,19). The predicted octanol–water partition coefficient (Wildman–Crippen LogP) is 1.63. The molecular weight excluding hydrogens is 314 g/mol. The van der Waals surface area contributed by atoms with Gasteiger partial charge in [0.05, 0.1) is 17.4 Å². The molecule has 2 rings (SSSR count). The van der Waals surface area contributed by atoms with Crippen LogP contribution in [0.2, 0.25) is 0 Å². The molecule has 0 radical (unpaired) electrons. The molecule has 1 atom stereocenters. The summed E-state index contributed by atoms with van der Waals surface area (Å²) in [5, 5.41) is 3.20. The second kappa shape index (κ2) is 6.78. The van der Waals surface area contributed by atoms with E-state index >= 15 is 0 Å². The first-order valence-electron chi connectivity index (χ1n) is 7.68. The maximum atomic E-state index is 11.7. The summed E-state index contributed by atoms with van der Waals surface area (Å²) in [6, 6.07) is 7.90. The molecule has 1 heterocycles. The van der Waals surface area contributed by atoms with E-state index in [0.717, 1.165) is 17.7 Å². The molecule has 7 heteroatoms. The molecule has 128 valence electrons. The van der Waals surface area contributed by atoms with Crippen LogP contribution in [0.15, 0.2) is 29.3 Å². The van der Waals surface area contributed by atoms with Gasteiger partial charge in [-0.05, 0) is 26.3 Å². The minimum atomic E-state index is -3.11. The summed E-state index contributed by atoms with van der Waals surface area (Å²) in [5.74, 6) is 1.19. The Labute approximate surface area is 138 Å². The molecule has 1 aromatic rings. The zero-order chi connectivity index (χ0) is 17.1. The highest BCUT2D eigenvalue weighted by Crippen LogP contribution is 2.31. The van der Waals surface area contributed by atoms with Crippen LogP contribution in [0.4, 0.5) is 0 Å². The lowest BCUT2D eigenvalue weighted by molar-refractivity contribution is 0.262. The van der Waals surface area contributed by atoms with Crippen molar-refractivity contribution in [1.29, 1.82) is 0 Å². The predicted molar refractivity (Wildman–Crippen MR) is 92.5 cm³/mol. The van der Waals surface area contributed by atoms with Crippen LogP contribution >= 0.6 is 0 Å². The summed E-state index contributed by atoms with van der Waals surface area (Å²) < 4.78 is 28.2. The van der Waals surface area contributed by atoms with Gasteiger partial charge in [0, 0.05) is 24.8 Å². The molecule has 0 saturated carbocycles. The molecule has 0 spiro atoms. The van der Waals surface area contributed by atoms with Gasteiger partial charge in [0.1, 0.15) is 5.75 Å². The number of rotatable bonds is 5. The number of guanidine groups is 1. The van der Waals surface area contributed by atoms with Crippen LogP contribution in [0, 0.1) is 0 Å². The minimum absolute atomic E-state index is 0.0617. The van der Waals surface area contributed by atoms with Gasteiger partial charge in [0.25, 0.3) is 0 Å². The highest BCUT2D eigenvalue weighted by Gasteiger charge is 2.29. The zero-order valence-corrected chi connectivity index (χ0v) is 14.7. The van der Waals surface area contributed by atoms with Gasteiger partial charge in [-0.1, -0.05) is 18.2 Å². The van der Waals surface area contributed by atoms with E-state index in [4.69, 9.17) is 10.5 Å². The Bertz CT molecular complexity index is 684. The normalized spacial score (nSPS) is 18.9. The number of nitrogens with zero attached hydrogens (tertiary/aromatic N) is 1. The van der Waals surface area contributed by atoms with E-state index in [1.54, 1.807) is 13.8 Å². The average molecular weight is 339 g/mol. The number of benzene rings is 1. The first-order valence-corrected chi connectivity index (χ1v) is 9.57. The minimum Gasteiger partial charge on any atom is -0.493 e. The van der Waals surface area contributed by atoms with Crippen molar-refractivity contribution in [2.75, 3.05) is 19.4 Å². The zero-order valence-electron chi connectivity index (χ0n) is 13.9. The first kappa shape index (κ1) is 17.6. The summed E-state index contributed by atoms with van der Waals surface area (Å²) in [7, 11) is -3.11. The fourth-order valence-corrected chi connectivity index (χ4v) is 2.81. The van der Waals surface area contributed by atoms with Crippen molar-refractivity contribution in [3.05, 3.63) is 29.8 Å². The molecule has 0 saturated heterocycles. The van der Waals surface area contributed by atoms with Crippen LogP contribution in [-0.2, 0) is 9.84 Å². The van der Waals surface area contributed by atoms with Crippen LogP contribution in [-0.4, -0.2) is 38.5 Å². The number of hydrogen-bond donors (Lipinski definition) is 2. The number of fused-ring (bicyclic) bond motifs is 1. The van der Waals surface area contributed by atoms with E-state index in [1.807, 2.05) is 24.3 Å². The average Bonchev–Trinajstić information content (AvgIpc) is 2.46. The molecule has 1 aromatic carbocycles. The van der Waals surface area contributed by atoms with Crippen molar-refractivity contribution in [3.8, 4) is 5.75 Å². The second-order valence-electron chi connectivity index (χ2n) is 6.42. The number of hydrogen-bond acceptors (Lipinski definition) is 4. The molecule has 23 heavy (non-hydrogen) atoms. The third kappa shape index (κ3) is 4.37. The summed E-state index contributed by atoms with van der Waals surface area (Å²) in [6.07, 6.45) is 2.48. The van der Waals surface area contributed by atoms with Gasteiger partial charge < -0.3 is 15.8 Å². The van der Waals surface area contributed by atoms with Crippen molar-refractivity contribution in [1.82, 2.24) is 5.32 Å². The van der Waals surface area contributed by atoms with E-state index in [2.05, 4.69) is 10.3 Å². The molecule has 0 aliphatic carbocycles. The van der Waals surface area contributed by atoms with Crippen molar-refractivity contribution in [2.45, 2.75) is 37.5 Å². The molecule has 0 bridgehead atoms. The second-order valence-corrected chi connectivity index (χ2v) is 9.07. The SMILES string of the molecule is CC(C)(CCN=C(N)NC1CCOc2ccccc21)S(C)(=O)=O. The van der Waals surface area contributed by atoms with Gasteiger partial charge in [0.15, 0.2) is 15.8 Å². The van der Waals surface area contributed by atoms with Gasteiger partial charge in [-0.3, -0.25) is 4.99 Å².